The summed E-state index contributed by atoms with van der Waals surface area (Å²) in [7, 11) is 0. The molecule has 0 radical (unpaired) electrons. The number of benzene rings is 2. The van der Waals surface area contributed by atoms with Crippen LogP contribution in [0.25, 0.3) is 22.2 Å². The molecular weight excluding hydrogens is 276 g/mol. The molecule has 0 atom stereocenters. The van der Waals surface area contributed by atoms with Crippen molar-refractivity contribution < 1.29 is 5.11 Å². The van der Waals surface area contributed by atoms with Crippen molar-refractivity contribution >= 4 is 11.0 Å². The molecule has 3 aromatic rings. The number of aromatic amines is 1. The Morgan fingerprint density at radius 1 is 1.18 bits per heavy atom. The van der Waals surface area contributed by atoms with Crippen molar-refractivity contribution in [3.8, 4) is 16.9 Å². The van der Waals surface area contributed by atoms with Gasteiger partial charge in [-0.15, -0.1) is 0 Å². The molecule has 0 spiro atoms. The summed E-state index contributed by atoms with van der Waals surface area (Å²) in [6.45, 7) is 2.48. The summed E-state index contributed by atoms with van der Waals surface area (Å²) in [5.41, 5.74) is 10.9. The van der Waals surface area contributed by atoms with E-state index in [9.17, 15) is 5.11 Å². The van der Waals surface area contributed by atoms with Crippen molar-refractivity contribution in [2.45, 2.75) is 32.7 Å². The Balaban J connectivity index is 2.18. The van der Waals surface area contributed by atoms with E-state index >= 15 is 0 Å². The number of hydrogen-bond donors (Lipinski definition) is 3. The second-order valence-electron chi connectivity index (χ2n) is 5.46. The summed E-state index contributed by atoms with van der Waals surface area (Å²) in [6.07, 6.45) is 3.22. The molecule has 0 aliphatic carbocycles. The first kappa shape index (κ1) is 14.5. The smallest absolute Gasteiger partial charge is 0.127 e. The average molecular weight is 296 g/mol. The molecule has 2 aromatic carbocycles. The Hall–Kier alpha value is -2.40. The minimum absolute atomic E-state index is 0.234. The average Bonchev–Trinajstić information content (AvgIpc) is 3.02. The van der Waals surface area contributed by atoms with E-state index in [1.165, 1.54) is 5.56 Å². The number of fused-ring (bicyclic) bond motifs is 1. The Morgan fingerprint density at radius 3 is 2.82 bits per heavy atom. The fraction of sp³-hybridized carbons (Fsp3) is 0.294. The van der Waals surface area contributed by atoms with Crippen molar-refractivity contribution in [1.82, 2.24) is 15.4 Å². The lowest BCUT2D eigenvalue weighted by Crippen LogP contribution is -2.00. The summed E-state index contributed by atoms with van der Waals surface area (Å²) in [6, 6.07) is 9.79. The largest absolute Gasteiger partial charge is 0.507 e. The van der Waals surface area contributed by atoms with Gasteiger partial charge in [-0.2, -0.15) is 15.4 Å². The molecule has 0 saturated carbocycles. The number of nitrogens with two attached hydrogens (primary N) is 1. The van der Waals surface area contributed by atoms with Crippen molar-refractivity contribution in [2.24, 2.45) is 5.73 Å². The van der Waals surface area contributed by atoms with Crippen molar-refractivity contribution in [2.75, 3.05) is 0 Å². The lowest BCUT2D eigenvalue weighted by molar-refractivity contribution is 0.470. The maximum Gasteiger partial charge on any atom is 0.127 e. The highest BCUT2D eigenvalue weighted by atomic mass is 16.3. The van der Waals surface area contributed by atoms with E-state index in [0.717, 1.165) is 47.0 Å². The van der Waals surface area contributed by atoms with Crippen LogP contribution in [0.3, 0.4) is 0 Å². The molecule has 0 bridgehead atoms. The van der Waals surface area contributed by atoms with Gasteiger partial charge in [-0.3, -0.25) is 0 Å². The van der Waals surface area contributed by atoms with Crippen molar-refractivity contribution in [3.05, 3.63) is 41.5 Å². The van der Waals surface area contributed by atoms with E-state index in [-0.39, 0.29) is 5.75 Å². The van der Waals surface area contributed by atoms with Crippen LogP contribution in [0.5, 0.6) is 5.75 Å². The molecule has 0 fully saturated rings. The molecule has 22 heavy (non-hydrogen) atoms. The minimum atomic E-state index is 0.234. The Morgan fingerprint density at radius 2 is 2.05 bits per heavy atom. The number of phenols is 1. The van der Waals surface area contributed by atoms with Crippen LogP contribution in [0, 0.1) is 0 Å². The van der Waals surface area contributed by atoms with Gasteiger partial charge in [0.25, 0.3) is 0 Å². The number of rotatable bonds is 5. The standard InChI is InChI=1S/C17H20N4O/c1-2-3-5-11-8-12(10-18)17(22)14(9-11)13-6-4-7-15-16(13)20-21-19-15/h4,6-9,22H,2-3,5,10,18H2,1H3,(H,19,20,21). The zero-order valence-corrected chi connectivity index (χ0v) is 12.6. The maximum atomic E-state index is 10.6. The third kappa shape index (κ3) is 2.55. The number of nitrogens with one attached hydrogen (secondary N) is 1. The normalized spacial score (nSPS) is 11.2. The number of H-pyrrole nitrogens is 1. The molecule has 0 saturated heterocycles. The van der Waals surface area contributed by atoms with Gasteiger partial charge in [-0.05, 0) is 30.5 Å². The molecule has 114 valence electrons. The number of hydrogen-bond acceptors (Lipinski definition) is 4. The molecule has 3 rings (SSSR count). The second-order valence-corrected chi connectivity index (χ2v) is 5.46. The maximum absolute atomic E-state index is 10.6. The van der Waals surface area contributed by atoms with E-state index < -0.39 is 0 Å². The summed E-state index contributed by atoms with van der Waals surface area (Å²) < 4.78 is 0. The van der Waals surface area contributed by atoms with Crippen molar-refractivity contribution in [3.63, 3.8) is 0 Å². The van der Waals surface area contributed by atoms with E-state index in [1.807, 2.05) is 30.3 Å². The summed E-state index contributed by atoms with van der Waals surface area (Å²) >= 11 is 0. The third-order valence-electron chi connectivity index (χ3n) is 3.92. The van der Waals surface area contributed by atoms with Crippen molar-refractivity contribution in [1.29, 1.82) is 0 Å². The predicted octanol–water partition coefficient (Wildman–Crippen LogP) is 3.13. The Kier molecular flexibility index (Phi) is 4.06. The van der Waals surface area contributed by atoms with Crippen LogP contribution >= 0.6 is 0 Å². The zero-order valence-electron chi connectivity index (χ0n) is 12.6. The van der Waals surface area contributed by atoms with Gasteiger partial charge in [0.15, 0.2) is 0 Å². The van der Waals surface area contributed by atoms with Gasteiger partial charge >= 0.3 is 0 Å². The fourth-order valence-corrected chi connectivity index (χ4v) is 2.73. The summed E-state index contributed by atoms with van der Waals surface area (Å²) in [5.74, 6) is 0.234. The molecule has 1 heterocycles. The lowest BCUT2D eigenvalue weighted by atomic mass is 9.95. The monoisotopic (exact) mass is 296 g/mol. The number of aromatic nitrogens is 3. The van der Waals surface area contributed by atoms with Gasteiger partial charge in [0.2, 0.25) is 0 Å². The van der Waals surface area contributed by atoms with Crippen LogP contribution in [-0.2, 0) is 13.0 Å². The quantitative estimate of drug-likeness (QED) is 0.675. The number of unbranched alkanes of at least 4 members (excludes halogenated alkanes) is 1. The molecule has 5 heteroatoms. The van der Waals surface area contributed by atoms with Crippen LogP contribution in [0.4, 0.5) is 0 Å². The van der Waals surface area contributed by atoms with Gasteiger partial charge in [0.05, 0.1) is 0 Å². The minimum Gasteiger partial charge on any atom is -0.507 e. The number of para-hydroxylation sites is 1. The molecule has 0 unspecified atom stereocenters. The molecule has 0 aliphatic rings. The van der Waals surface area contributed by atoms with Gasteiger partial charge in [-0.25, -0.2) is 0 Å². The fourth-order valence-electron chi connectivity index (χ4n) is 2.73. The van der Waals surface area contributed by atoms with Gasteiger partial charge < -0.3 is 10.8 Å². The highest BCUT2D eigenvalue weighted by Crippen LogP contribution is 2.36. The van der Waals surface area contributed by atoms with Crippen LogP contribution in [0.2, 0.25) is 0 Å². The topological polar surface area (TPSA) is 87.8 Å². The highest BCUT2D eigenvalue weighted by Gasteiger charge is 2.15. The molecule has 1 aromatic heterocycles. The molecule has 0 aliphatic heterocycles. The first-order valence-corrected chi connectivity index (χ1v) is 7.59. The SMILES string of the molecule is CCCCc1cc(CN)c(O)c(-c2cccc3n[nH]nc23)c1. The lowest BCUT2D eigenvalue weighted by Gasteiger charge is -2.12. The third-order valence-corrected chi connectivity index (χ3v) is 3.92. The number of nitrogens with zero attached hydrogens (tertiary/aromatic N) is 2. The molecule has 0 amide bonds. The van der Waals surface area contributed by atoms with Crippen LogP contribution in [0.1, 0.15) is 30.9 Å². The van der Waals surface area contributed by atoms with Crippen LogP contribution in [-0.4, -0.2) is 20.5 Å². The first-order valence-electron chi connectivity index (χ1n) is 7.59. The van der Waals surface area contributed by atoms with Crippen LogP contribution < -0.4 is 5.73 Å². The predicted molar refractivity (Wildman–Crippen MR) is 87.5 cm³/mol. The van der Waals surface area contributed by atoms with Gasteiger partial charge in [-0.1, -0.05) is 31.5 Å². The van der Waals surface area contributed by atoms with E-state index in [0.29, 0.717) is 6.54 Å². The van der Waals surface area contributed by atoms with Gasteiger partial charge in [0.1, 0.15) is 16.8 Å². The van der Waals surface area contributed by atoms with Crippen LogP contribution in [0.15, 0.2) is 30.3 Å². The number of phenolic OH excluding ortho intramolecular Hbond substituents is 1. The first-order chi connectivity index (χ1) is 10.7. The van der Waals surface area contributed by atoms with E-state index in [4.69, 9.17) is 5.73 Å². The number of aryl methyl sites for hydroxylation is 1. The molecule has 4 N–H and O–H groups in total. The van der Waals surface area contributed by atoms with E-state index in [1.54, 1.807) is 0 Å². The summed E-state index contributed by atoms with van der Waals surface area (Å²) in [4.78, 5) is 0. The Labute approximate surface area is 129 Å². The van der Waals surface area contributed by atoms with E-state index in [2.05, 4.69) is 22.3 Å². The second kappa shape index (κ2) is 6.15. The highest BCUT2D eigenvalue weighted by molar-refractivity contribution is 5.93. The van der Waals surface area contributed by atoms with Gasteiger partial charge in [0, 0.05) is 23.2 Å². The zero-order chi connectivity index (χ0) is 15.5. The molecular formula is C17H20N4O. The number of aromatic hydroxyl groups is 1. The Bertz CT molecular complexity index is 794. The summed E-state index contributed by atoms with van der Waals surface area (Å²) in [5, 5.41) is 21.5. The molecule has 5 nitrogen and oxygen atoms in total.